The summed E-state index contributed by atoms with van der Waals surface area (Å²) in [4.78, 5) is 22.2. The molecule has 3 heterocycles. The highest BCUT2D eigenvalue weighted by Crippen LogP contribution is 2.20. The zero-order valence-corrected chi connectivity index (χ0v) is 18.7. The van der Waals surface area contributed by atoms with Gasteiger partial charge in [0.2, 0.25) is 0 Å². The molecule has 0 spiro atoms. The van der Waals surface area contributed by atoms with Gasteiger partial charge in [0.1, 0.15) is 11.6 Å². The molecule has 0 aliphatic carbocycles. The molecule has 1 N–H and O–H groups in total. The molecule has 0 unspecified atom stereocenters. The normalized spacial score (nSPS) is 16.5. The number of nitrogens with one attached hydrogen (secondary N) is 1. The average Bonchev–Trinajstić information content (AvgIpc) is 3.06. The number of anilines is 2. The minimum atomic E-state index is -0.223. The average molecular weight is 452 g/mol. The summed E-state index contributed by atoms with van der Waals surface area (Å²) in [6.45, 7) is 3.90. The summed E-state index contributed by atoms with van der Waals surface area (Å²) in [5.74, 6) is 0.675. The molecule has 2 aromatic carbocycles. The van der Waals surface area contributed by atoms with E-state index in [4.69, 9.17) is 17.2 Å². The Balaban J connectivity index is 1.28. The van der Waals surface area contributed by atoms with E-state index in [2.05, 4.69) is 15.1 Å². The van der Waals surface area contributed by atoms with Crippen molar-refractivity contribution in [3.8, 4) is 0 Å². The molecule has 0 atom stereocenters. The zero-order valence-electron chi connectivity index (χ0n) is 17.9. The van der Waals surface area contributed by atoms with Crippen LogP contribution in [0.2, 0.25) is 0 Å². The van der Waals surface area contributed by atoms with Crippen LogP contribution in [0.5, 0.6) is 0 Å². The third kappa shape index (κ3) is 4.19. The number of fused-ring (bicyclic) bond motifs is 2. The van der Waals surface area contributed by atoms with Gasteiger partial charge < -0.3 is 15.1 Å². The van der Waals surface area contributed by atoms with Crippen LogP contribution in [0.15, 0.2) is 47.3 Å². The Bertz CT molecular complexity index is 1200. The van der Waals surface area contributed by atoms with Gasteiger partial charge in [0.05, 0.1) is 10.9 Å². The lowest BCUT2D eigenvalue weighted by Gasteiger charge is -2.37. The van der Waals surface area contributed by atoms with E-state index in [1.807, 2.05) is 34.9 Å². The molecule has 6 nitrogen and oxygen atoms in total. The third-order valence-corrected chi connectivity index (χ3v) is 6.69. The van der Waals surface area contributed by atoms with Crippen LogP contribution < -0.4 is 15.8 Å². The topological polar surface area (TPSA) is 53.4 Å². The fourth-order valence-corrected chi connectivity index (χ4v) is 4.82. The predicted octanol–water partition coefficient (Wildman–Crippen LogP) is 3.78. The van der Waals surface area contributed by atoms with Crippen molar-refractivity contribution in [3.63, 3.8) is 0 Å². The van der Waals surface area contributed by atoms with Crippen molar-refractivity contribution in [2.24, 2.45) is 0 Å². The van der Waals surface area contributed by atoms with E-state index >= 15 is 0 Å². The van der Waals surface area contributed by atoms with Crippen LogP contribution in [-0.4, -0.2) is 45.7 Å². The molecule has 3 aromatic rings. The summed E-state index contributed by atoms with van der Waals surface area (Å²) in [7, 11) is 0. The summed E-state index contributed by atoms with van der Waals surface area (Å²) in [5, 5.41) is 4.57. The van der Waals surface area contributed by atoms with E-state index in [1.165, 1.54) is 12.1 Å². The van der Waals surface area contributed by atoms with Crippen molar-refractivity contribution in [2.45, 2.75) is 32.2 Å². The first-order chi connectivity index (χ1) is 15.6. The number of benzene rings is 2. The Hall–Kier alpha value is -3.00. The molecule has 0 saturated carbocycles. The molecular weight excluding hydrogens is 425 g/mol. The monoisotopic (exact) mass is 451 g/mol. The highest BCUT2D eigenvalue weighted by molar-refractivity contribution is 7.80. The van der Waals surface area contributed by atoms with Crippen molar-refractivity contribution < 1.29 is 4.39 Å². The summed E-state index contributed by atoms with van der Waals surface area (Å²) < 4.78 is 15.0. The fraction of sp³-hybridized carbons (Fsp3) is 0.375. The van der Waals surface area contributed by atoms with Crippen molar-refractivity contribution in [2.75, 3.05) is 36.4 Å². The van der Waals surface area contributed by atoms with Crippen LogP contribution >= 0.6 is 12.2 Å². The van der Waals surface area contributed by atoms with Gasteiger partial charge in [-0.05, 0) is 67.5 Å². The first-order valence-electron chi connectivity index (χ1n) is 11.2. The Morgan fingerprint density at radius 3 is 2.53 bits per heavy atom. The lowest BCUT2D eigenvalue weighted by Crippen LogP contribution is -2.50. The summed E-state index contributed by atoms with van der Waals surface area (Å²) >= 11 is 5.65. The highest BCUT2D eigenvalue weighted by atomic mass is 32.1. The highest BCUT2D eigenvalue weighted by Gasteiger charge is 2.20. The molecule has 32 heavy (non-hydrogen) atoms. The second kappa shape index (κ2) is 8.86. The van der Waals surface area contributed by atoms with Crippen LogP contribution in [0, 0.1) is 5.82 Å². The summed E-state index contributed by atoms with van der Waals surface area (Å²) in [6, 6.07) is 12.3. The Labute approximate surface area is 191 Å². The quantitative estimate of drug-likeness (QED) is 0.599. The molecule has 2 aliphatic rings. The van der Waals surface area contributed by atoms with Gasteiger partial charge in [-0.15, -0.1) is 0 Å². The number of piperazine rings is 1. The lowest BCUT2D eigenvalue weighted by atomic mass is 10.2. The molecule has 2 aliphatic heterocycles. The van der Waals surface area contributed by atoms with Gasteiger partial charge in [0.25, 0.3) is 5.56 Å². The Morgan fingerprint density at radius 2 is 1.75 bits per heavy atom. The number of halogens is 1. The van der Waals surface area contributed by atoms with E-state index in [-0.39, 0.29) is 11.4 Å². The van der Waals surface area contributed by atoms with Gasteiger partial charge in [-0.2, -0.15) is 0 Å². The van der Waals surface area contributed by atoms with E-state index in [0.717, 1.165) is 81.1 Å². The van der Waals surface area contributed by atoms with Crippen LogP contribution in [-0.2, 0) is 13.0 Å². The molecule has 166 valence electrons. The van der Waals surface area contributed by atoms with E-state index in [0.29, 0.717) is 10.5 Å². The molecule has 8 heteroatoms. The minimum Gasteiger partial charge on any atom is -0.368 e. The number of hydrogen-bond acceptors (Lipinski definition) is 4. The van der Waals surface area contributed by atoms with E-state index in [1.54, 1.807) is 0 Å². The second-order valence-electron chi connectivity index (χ2n) is 8.41. The lowest BCUT2D eigenvalue weighted by molar-refractivity contribution is 0.391. The fourth-order valence-electron chi connectivity index (χ4n) is 4.52. The van der Waals surface area contributed by atoms with Crippen molar-refractivity contribution >= 4 is 39.6 Å². The molecule has 0 bridgehead atoms. The van der Waals surface area contributed by atoms with Gasteiger partial charge in [0.15, 0.2) is 5.11 Å². The number of thiocarbonyl (C=S) groups is 1. The van der Waals surface area contributed by atoms with Gasteiger partial charge in [-0.3, -0.25) is 9.36 Å². The number of rotatable bonds is 2. The smallest absolute Gasteiger partial charge is 0.261 e. The van der Waals surface area contributed by atoms with E-state index < -0.39 is 0 Å². The number of hydrogen-bond donors (Lipinski definition) is 1. The predicted molar refractivity (Wildman–Crippen MR) is 130 cm³/mol. The van der Waals surface area contributed by atoms with Crippen LogP contribution in [0.3, 0.4) is 0 Å². The molecule has 5 rings (SSSR count). The first-order valence-corrected chi connectivity index (χ1v) is 11.6. The molecule has 1 fully saturated rings. The standard InChI is InChI=1S/C24H26FN5OS/c25-17-5-8-19(9-6-17)28-12-14-29(15-13-28)24(32)26-18-7-10-21-20(16-18)23(31)30-11-3-1-2-4-22(30)27-21/h5-10,16H,1-4,11-15H2,(H,26,32). The minimum absolute atomic E-state index is 0.0365. The Morgan fingerprint density at radius 1 is 0.969 bits per heavy atom. The molecule has 1 saturated heterocycles. The number of nitrogens with zero attached hydrogens (tertiary/aromatic N) is 4. The Kier molecular flexibility index (Phi) is 5.78. The van der Waals surface area contributed by atoms with Crippen LogP contribution in [0.25, 0.3) is 10.9 Å². The second-order valence-corrected chi connectivity index (χ2v) is 8.79. The molecular formula is C24H26FN5OS. The van der Waals surface area contributed by atoms with Crippen molar-refractivity contribution in [1.82, 2.24) is 14.5 Å². The summed E-state index contributed by atoms with van der Waals surface area (Å²) in [6.07, 6.45) is 4.10. The SMILES string of the molecule is O=c1c2cc(NC(=S)N3CCN(c4ccc(F)cc4)CC3)ccc2nc2n1CCCCC2. The largest absolute Gasteiger partial charge is 0.368 e. The van der Waals surface area contributed by atoms with E-state index in [9.17, 15) is 9.18 Å². The van der Waals surface area contributed by atoms with Crippen molar-refractivity contribution in [3.05, 3.63) is 64.5 Å². The maximum absolute atomic E-state index is 13.2. The molecule has 1 aromatic heterocycles. The van der Waals surface area contributed by atoms with Crippen LogP contribution in [0.1, 0.15) is 25.1 Å². The van der Waals surface area contributed by atoms with Gasteiger partial charge in [-0.1, -0.05) is 6.42 Å². The van der Waals surface area contributed by atoms with Crippen molar-refractivity contribution in [1.29, 1.82) is 0 Å². The first kappa shape index (κ1) is 20.9. The third-order valence-electron chi connectivity index (χ3n) is 6.33. The van der Waals surface area contributed by atoms with Gasteiger partial charge >= 0.3 is 0 Å². The van der Waals surface area contributed by atoms with Gasteiger partial charge in [0, 0.05) is 50.5 Å². The number of aromatic nitrogens is 2. The molecule has 0 radical (unpaired) electrons. The van der Waals surface area contributed by atoms with Gasteiger partial charge in [-0.25, -0.2) is 9.37 Å². The maximum Gasteiger partial charge on any atom is 0.261 e. The maximum atomic E-state index is 13.2. The summed E-state index contributed by atoms with van der Waals surface area (Å²) in [5.41, 5.74) is 2.60. The molecule has 0 amide bonds. The van der Waals surface area contributed by atoms with Crippen LogP contribution in [0.4, 0.5) is 15.8 Å². The number of aryl methyl sites for hydroxylation is 1. The zero-order chi connectivity index (χ0) is 22.1.